The van der Waals surface area contributed by atoms with Gasteiger partial charge in [0, 0.05) is 23.2 Å². The van der Waals surface area contributed by atoms with Gasteiger partial charge in [0.05, 0.1) is 0 Å². The Kier molecular flexibility index (Phi) is 3.76. The van der Waals surface area contributed by atoms with Crippen LogP contribution in [0.1, 0.15) is 31.9 Å². The van der Waals surface area contributed by atoms with Crippen LogP contribution in [0.15, 0.2) is 16.6 Å². The van der Waals surface area contributed by atoms with Crippen molar-refractivity contribution in [2.45, 2.75) is 39.3 Å². The number of fused-ring (bicyclic) bond motifs is 1. The lowest BCUT2D eigenvalue weighted by Gasteiger charge is -2.31. The smallest absolute Gasteiger partial charge is 0.410 e. The molecule has 1 aliphatic heterocycles. The summed E-state index contributed by atoms with van der Waals surface area (Å²) in [6.07, 6.45) is 0.534. The summed E-state index contributed by atoms with van der Waals surface area (Å²) in [6, 6.07) is 3.84. The summed E-state index contributed by atoms with van der Waals surface area (Å²) in [5.41, 5.74) is 8.47. The molecule has 5 heteroatoms. The van der Waals surface area contributed by atoms with Crippen molar-refractivity contribution in [2.24, 2.45) is 0 Å². The first-order chi connectivity index (χ1) is 8.78. The van der Waals surface area contributed by atoms with E-state index in [0.717, 1.165) is 22.1 Å². The number of nitrogens with zero attached hydrogens (tertiary/aromatic N) is 1. The van der Waals surface area contributed by atoms with Crippen LogP contribution in [0.2, 0.25) is 0 Å². The molecule has 0 fully saturated rings. The molecule has 2 rings (SSSR count). The Labute approximate surface area is 122 Å². The molecule has 0 spiro atoms. The lowest BCUT2D eigenvalue weighted by Crippen LogP contribution is -2.40. The molecule has 0 unspecified atom stereocenters. The molecular formula is C14H19BrN2O2. The standard InChI is InChI=1S/C14H19BrN2O2/c1-14(2,3)19-13(18)17-7-6-10-9(8-17)4-5-11(16)12(10)15/h4-5H,6-8,16H2,1-3H3. The molecular weight excluding hydrogens is 308 g/mol. The minimum absolute atomic E-state index is 0.258. The fourth-order valence-electron chi connectivity index (χ4n) is 2.11. The third-order valence-corrected chi connectivity index (χ3v) is 3.95. The summed E-state index contributed by atoms with van der Waals surface area (Å²) in [5, 5.41) is 0. The average Bonchev–Trinajstić information content (AvgIpc) is 2.31. The second-order valence-corrected chi connectivity index (χ2v) is 6.55. The Balaban J connectivity index is 2.15. The maximum Gasteiger partial charge on any atom is 0.410 e. The Morgan fingerprint density at radius 3 is 2.74 bits per heavy atom. The van der Waals surface area contributed by atoms with Gasteiger partial charge >= 0.3 is 6.09 Å². The Hall–Kier alpha value is -1.23. The highest BCUT2D eigenvalue weighted by Gasteiger charge is 2.26. The summed E-state index contributed by atoms with van der Waals surface area (Å²) in [5.74, 6) is 0. The van der Waals surface area contributed by atoms with Crippen LogP contribution >= 0.6 is 15.9 Å². The fourth-order valence-corrected chi connectivity index (χ4v) is 2.70. The number of rotatable bonds is 0. The molecule has 1 aromatic rings. The molecule has 0 aromatic heterocycles. The fraction of sp³-hybridized carbons (Fsp3) is 0.500. The third kappa shape index (κ3) is 3.21. The molecule has 0 saturated heterocycles. The summed E-state index contributed by atoms with van der Waals surface area (Å²) in [6.45, 7) is 6.85. The largest absolute Gasteiger partial charge is 0.444 e. The van der Waals surface area contributed by atoms with Gasteiger partial charge in [0.15, 0.2) is 0 Å². The molecule has 1 heterocycles. The second kappa shape index (κ2) is 5.04. The summed E-state index contributed by atoms with van der Waals surface area (Å²) < 4.78 is 6.35. The van der Waals surface area contributed by atoms with Gasteiger partial charge in [-0.25, -0.2) is 4.79 Å². The van der Waals surface area contributed by atoms with E-state index in [1.54, 1.807) is 4.90 Å². The highest BCUT2D eigenvalue weighted by atomic mass is 79.9. The number of hydrogen-bond donors (Lipinski definition) is 1. The quantitative estimate of drug-likeness (QED) is 0.744. The van der Waals surface area contributed by atoms with Gasteiger partial charge < -0.3 is 15.4 Å². The van der Waals surface area contributed by atoms with E-state index in [2.05, 4.69) is 15.9 Å². The molecule has 104 valence electrons. The Morgan fingerprint density at radius 1 is 1.42 bits per heavy atom. The Bertz CT molecular complexity index is 509. The van der Waals surface area contributed by atoms with Crippen molar-refractivity contribution in [3.63, 3.8) is 0 Å². The van der Waals surface area contributed by atoms with E-state index in [1.165, 1.54) is 5.56 Å². The third-order valence-electron chi connectivity index (χ3n) is 3.01. The number of anilines is 1. The van der Waals surface area contributed by atoms with Crippen molar-refractivity contribution >= 4 is 27.7 Å². The van der Waals surface area contributed by atoms with Gasteiger partial charge in [0.2, 0.25) is 0 Å². The topological polar surface area (TPSA) is 55.6 Å². The van der Waals surface area contributed by atoms with Gasteiger partial charge in [-0.15, -0.1) is 0 Å². The zero-order valence-electron chi connectivity index (χ0n) is 11.5. The van der Waals surface area contributed by atoms with Crippen LogP contribution < -0.4 is 5.73 Å². The number of ether oxygens (including phenoxy) is 1. The van der Waals surface area contributed by atoms with Gasteiger partial charge in [0.1, 0.15) is 5.60 Å². The van der Waals surface area contributed by atoms with E-state index < -0.39 is 5.60 Å². The zero-order valence-corrected chi connectivity index (χ0v) is 13.1. The number of carbonyl (C=O) groups excluding carboxylic acids is 1. The average molecular weight is 327 g/mol. The zero-order chi connectivity index (χ0) is 14.2. The highest BCUT2D eigenvalue weighted by molar-refractivity contribution is 9.10. The normalized spacial score (nSPS) is 15.1. The number of nitrogen functional groups attached to an aromatic ring is 1. The van der Waals surface area contributed by atoms with E-state index in [0.29, 0.717) is 13.1 Å². The number of amides is 1. The van der Waals surface area contributed by atoms with Crippen LogP contribution in [-0.4, -0.2) is 23.1 Å². The minimum atomic E-state index is -0.459. The summed E-state index contributed by atoms with van der Waals surface area (Å²) in [4.78, 5) is 13.8. The van der Waals surface area contributed by atoms with Crippen LogP contribution in [0.5, 0.6) is 0 Å². The second-order valence-electron chi connectivity index (χ2n) is 5.76. The summed E-state index contributed by atoms with van der Waals surface area (Å²) in [7, 11) is 0. The van der Waals surface area contributed by atoms with Gasteiger partial charge in [-0.2, -0.15) is 0 Å². The predicted molar refractivity (Wildman–Crippen MR) is 78.9 cm³/mol. The van der Waals surface area contributed by atoms with Crippen molar-refractivity contribution in [1.82, 2.24) is 4.90 Å². The molecule has 0 radical (unpaired) electrons. The lowest BCUT2D eigenvalue weighted by molar-refractivity contribution is 0.0224. The van der Waals surface area contributed by atoms with Crippen LogP contribution in [0.25, 0.3) is 0 Å². The van der Waals surface area contributed by atoms with Gasteiger partial charge in [-0.05, 0) is 60.3 Å². The molecule has 2 N–H and O–H groups in total. The summed E-state index contributed by atoms with van der Waals surface area (Å²) >= 11 is 3.51. The monoisotopic (exact) mass is 326 g/mol. The van der Waals surface area contributed by atoms with Crippen molar-refractivity contribution in [2.75, 3.05) is 12.3 Å². The number of nitrogens with two attached hydrogens (primary N) is 1. The van der Waals surface area contributed by atoms with Crippen molar-refractivity contribution in [3.8, 4) is 0 Å². The van der Waals surface area contributed by atoms with Gasteiger partial charge in [-0.1, -0.05) is 6.07 Å². The van der Waals surface area contributed by atoms with Crippen LogP contribution in [-0.2, 0) is 17.7 Å². The van der Waals surface area contributed by atoms with Crippen LogP contribution in [0.3, 0.4) is 0 Å². The predicted octanol–water partition coefficient (Wildman–Crippen LogP) is 3.32. The molecule has 1 amide bonds. The van der Waals surface area contributed by atoms with E-state index >= 15 is 0 Å². The molecule has 0 bridgehead atoms. The van der Waals surface area contributed by atoms with E-state index in [4.69, 9.17) is 10.5 Å². The van der Waals surface area contributed by atoms with Crippen molar-refractivity contribution in [1.29, 1.82) is 0 Å². The van der Waals surface area contributed by atoms with Gasteiger partial charge in [-0.3, -0.25) is 0 Å². The number of carbonyl (C=O) groups is 1. The number of hydrogen-bond acceptors (Lipinski definition) is 3. The molecule has 4 nitrogen and oxygen atoms in total. The van der Waals surface area contributed by atoms with E-state index in [9.17, 15) is 4.79 Å². The lowest BCUT2D eigenvalue weighted by atomic mass is 9.99. The SMILES string of the molecule is CC(C)(C)OC(=O)N1CCc2c(ccc(N)c2Br)C1. The molecule has 1 aromatic carbocycles. The van der Waals surface area contributed by atoms with Gasteiger partial charge in [0.25, 0.3) is 0 Å². The molecule has 0 saturated carbocycles. The molecule has 19 heavy (non-hydrogen) atoms. The van der Waals surface area contributed by atoms with Crippen LogP contribution in [0, 0.1) is 0 Å². The van der Waals surface area contributed by atoms with E-state index in [1.807, 2.05) is 32.9 Å². The van der Waals surface area contributed by atoms with Crippen molar-refractivity contribution in [3.05, 3.63) is 27.7 Å². The minimum Gasteiger partial charge on any atom is -0.444 e. The molecule has 1 aliphatic rings. The maximum absolute atomic E-state index is 12.0. The number of benzene rings is 1. The number of halogens is 1. The maximum atomic E-state index is 12.0. The Morgan fingerprint density at radius 2 is 2.11 bits per heavy atom. The van der Waals surface area contributed by atoms with Crippen molar-refractivity contribution < 1.29 is 9.53 Å². The molecule has 0 atom stereocenters. The first-order valence-electron chi connectivity index (χ1n) is 6.31. The molecule has 0 aliphatic carbocycles. The highest BCUT2D eigenvalue weighted by Crippen LogP contribution is 2.31. The van der Waals surface area contributed by atoms with Crippen LogP contribution in [0.4, 0.5) is 10.5 Å². The first-order valence-corrected chi connectivity index (χ1v) is 7.11. The van der Waals surface area contributed by atoms with E-state index in [-0.39, 0.29) is 6.09 Å². The first kappa shape index (κ1) is 14.2.